The molecule has 2 rings (SSSR count). The quantitative estimate of drug-likeness (QED) is 0.751. The van der Waals surface area contributed by atoms with E-state index in [9.17, 15) is 4.79 Å². The topological polar surface area (TPSA) is 29.5 Å². The van der Waals surface area contributed by atoms with Crippen molar-refractivity contribution in [2.45, 2.75) is 32.7 Å². The first-order valence-corrected chi connectivity index (χ1v) is 6.25. The van der Waals surface area contributed by atoms with E-state index in [4.69, 9.17) is 4.74 Å². The third-order valence-electron chi connectivity index (χ3n) is 3.24. The lowest BCUT2D eigenvalue weighted by Gasteiger charge is -2.34. The Balaban J connectivity index is 2.20. The van der Waals surface area contributed by atoms with Gasteiger partial charge in [-0.25, -0.2) is 4.79 Å². The molecule has 1 aromatic rings. The second-order valence-electron chi connectivity index (χ2n) is 4.35. The Morgan fingerprint density at radius 3 is 3.00 bits per heavy atom. The molecule has 0 spiro atoms. The number of ether oxygens (including phenoxy) is 1. The van der Waals surface area contributed by atoms with Crippen LogP contribution < -0.4 is 4.90 Å². The molecule has 0 amide bonds. The van der Waals surface area contributed by atoms with Gasteiger partial charge in [0.1, 0.15) is 6.04 Å². The molecule has 0 N–H and O–H groups in total. The molecule has 0 saturated carbocycles. The summed E-state index contributed by atoms with van der Waals surface area (Å²) in [4.78, 5) is 13.9. The molecule has 0 radical (unpaired) electrons. The van der Waals surface area contributed by atoms with Crippen molar-refractivity contribution in [3.05, 3.63) is 29.8 Å². The number of esters is 1. The van der Waals surface area contributed by atoms with Crippen LogP contribution >= 0.6 is 0 Å². The van der Waals surface area contributed by atoms with Gasteiger partial charge in [-0.15, -0.1) is 0 Å². The first-order valence-electron chi connectivity index (χ1n) is 6.25. The molecule has 0 aromatic heterocycles. The molecule has 1 unspecified atom stereocenters. The first-order chi connectivity index (χ1) is 8.24. The zero-order valence-corrected chi connectivity index (χ0v) is 10.5. The van der Waals surface area contributed by atoms with Gasteiger partial charge in [-0.05, 0) is 38.3 Å². The predicted molar refractivity (Wildman–Crippen MR) is 68.2 cm³/mol. The van der Waals surface area contributed by atoms with E-state index in [1.165, 1.54) is 11.3 Å². The lowest BCUT2D eigenvalue weighted by Crippen LogP contribution is -2.43. The van der Waals surface area contributed by atoms with Crippen LogP contribution in [-0.2, 0) is 16.0 Å². The SMILES string of the molecule is CCOC(=O)C(C)N1CCCc2ccccc21. The minimum atomic E-state index is -0.198. The molecular formula is C14H19NO2. The molecule has 92 valence electrons. The lowest BCUT2D eigenvalue weighted by molar-refractivity contribution is -0.144. The van der Waals surface area contributed by atoms with Crippen LogP contribution in [-0.4, -0.2) is 25.2 Å². The molecule has 1 aromatic carbocycles. The minimum Gasteiger partial charge on any atom is -0.464 e. The van der Waals surface area contributed by atoms with E-state index in [-0.39, 0.29) is 12.0 Å². The number of rotatable bonds is 3. The van der Waals surface area contributed by atoms with Crippen LogP contribution in [0, 0.1) is 0 Å². The highest BCUT2D eigenvalue weighted by atomic mass is 16.5. The zero-order chi connectivity index (χ0) is 12.3. The van der Waals surface area contributed by atoms with Crippen LogP contribution in [0.4, 0.5) is 5.69 Å². The molecule has 0 fully saturated rings. The van der Waals surface area contributed by atoms with E-state index in [0.29, 0.717) is 6.61 Å². The summed E-state index contributed by atoms with van der Waals surface area (Å²) < 4.78 is 5.09. The van der Waals surface area contributed by atoms with Gasteiger partial charge in [-0.3, -0.25) is 0 Å². The molecule has 1 atom stereocenters. The van der Waals surface area contributed by atoms with E-state index >= 15 is 0 Å². The highest BCUT2D eigenvalue weighted by Gasteiger charge is 2.26. The van der Waals surface area contributed by atoms with E-state index < -0.39 is 0 Å². The molecule has 0 aliphatic carbocycles. The Bertz CT molecular complexity index is 403. The number of hydrogen-bond acceptors (Lipinski definition) is 3. The molecule has 0 saturated heterocycles. The fourth-order valence-corrected chi connectivity index (χ4v) is 2.36. The normalized spacial score (nSPS) is 16.2. The molecule has 1 aliphatic rings. The van der Waals surface area contributed by atoms with E-state index in [2.05, 4.69) is 23.1 Å². The minimum absolute atomic E-state index is 0.135. The van der Waals surface area contributed by atoms with Crippen LogP contribution in [0.5, 0.6) is 0 Å². The second kappa shape index (κ2) is 5.21. The summed E-state index contributed by atoms with van der Waals surface area (Å²) in [5.74, 6) is -0.135. The highest BCUT2D eigenvalue weighted by Crippen LogP contribution is 2.28. The maximum absolute atomic E-state index is 11.8. The summed E-state index contributed by atoms with van der Waals surface area (Å²) >= 11 is 0. The van der Waals surface area contributed by atoms with Gasteiger partial charge < -0.3 is 9.64 Å². The van der Waals surface area contributed by atoms with Crippen molar-refractivity contribution in [3.63, 3.8) is 0 Å². The Hall–Kier alpha value is -1.51. The third kappa shape index (κ3) is 2.43. The van der Waals surface area contributed by atoms with Gasteiger partial charge in [0, 0.05) is 12.2 Å². The molecule has 1 aliphatic heterocycles. The van der Waals surface area contributed by atoms with Gasteiger partial charge in [0.15, 0.2) is 0 Å². The predicted octanol–water partition coefficient (Wildman–Crippen LogP) is 2.39. The van der Waals surface area contributed by atoms with Gasteiger partial charge >= 0.3 is 5.97 Å². The summed E-state index contributed by atoms with van der Waals surface area (Å²) in [7, 11) is 0. The standard InChI is InChI=1S/C14H19NO2/c1-3-17-14(16)11(2)15-10-6-8-12-7-4-5-9-13(12)15/h4-5,7,9,11H,3,6,8,10H2,1-2H3. The van der Waals surface area contributed by atoms with Crippen molar-refractivity contribution in [1.29, 1.82) is 0 Å². The maximum Gasteiger partial charge on any atom is 0.328 e. The van der Waals surface area contributed by atoms with Crippen LogP contribution in [0.15, 0.2) is 24.3 Å². The van der Waals surface area contributed by atoms with E-state index in [1.807, 2.05) is 19.9 Å². The summed E-state index contributed by atoms with van der Waals surface area (Å²) in [6.45, 7) is 5.13. The van der Waals surface area contributed by atoms with Crippen LogP contribution in [0.1, 0.15) is 25.8 Å². The van der Waals surface area contributed by atoms with Crippen molar-refractivity contribution in [2.75, 3.05) is 18.1 Å². The van der Waals surface area contributed by atoms with Crippen molar-refractivity contribution in [2.24, 2.45) is 0 Å². The Kier molecular flexibility index (Phi) is 3.67. The van der Waals surface area contributed by atoms with E-state index in [1.54, 1.807) is 0 Å². The monoisotopic (exact) mass is 233 g/mol. The molecular weight excluding hydrogens is 214 g/mol. The molecule has 3 nitrogen and oxygen atoms in total. The van der Waals surface area contributed by atoms with Crippen LogP contribution in [0.25, 0.3) is 0 Å². The Morgan fingerprint density at radius 1 is 1.47 bits per heavy atom. The second-order valence-corrected chi connectivity index (χ2v) is 4.35. The number of carbonyl (C=O) groups excluding carboxylic acids is 1. The van der Waals surface area contributed by atoms with Gasteiger partial charge in [0.25, 0.3) is 0 Å². The van der Waals surface area contributed by atoms with Crippen LogP contribution in [0.3, 0.4) is 0 Å². The number of benzene rings is 1. The number of hydrogen-bond donors (Lipinski definition) is 0. The molecule has 1 heterocycles. The zero-order valence-electron chi connectivity index (χ0n) is 10.5. The number of aryl methyl sites for hydroxylation is 1. The molecule has 3 heteroatoms. The number of carbonyl (C=O) groups is 1. The third-order valence-corrected chi connectivity index (χ3v) is 3.24. The highest BCUT2D eigenvalue weighted by molar-refractivity contribution is 5.80. The largest absolute Gasteiger partial charge is 0.464 e. The fraction of sp³-hybridized carbons (Fsp3) is 0.500. The summed E-state index contributed by atoms with van der Waals surface area (Å²) in [6.07, 6.45) is 2.20. The van der Waals surface area contributed by atoms with Crippen LogP contribution in [0.2, 0.25) is 0 Å². The summed E-state index contributed by atoms with van der Waals surface area (Å²) in [5, 5.41) is 0. The number of anilines is 1. The van der Waals surface area contributed by atoms with Crippen molar-refractivity contribution < 1.29 is 9.53 Å². The Labute approximate surface area is 102 Å². The Morgan fingerprint density at radius 2 is 2.24 bits per heavy atom. The number of fused-ring (bicyclic) bond motifs is 1. The van der Waals surface area contributed by atoms with Gasteiger partial charge in [-0.1, -0.05) is 18.2 Å². The van der Waals surface area contributed by atoms with Crippen molar-refractivity contribution in [3.8, 4) is 0 Å². The van der Waals surface area contributed by atoms with Crippen molar-refractivity contribution in [1.82, 2.24) is 0 Å². The van der Waals surface area contributed by atoms with Gasteiger partial charge in [-0.2, -0.15) is 0 Å². The first kappa shape index (κ1) is 12.0. The number of nitrogens with zero attached hydrogens (tertiary/aromatic N) is 1. The molecule has 0 bridgehead atoms. The van der Waals surface area contributed by atoms with E-state index in [0.717, 1.165) is 19.4 Å². The molecule has 17 heavy (non-hydrogen) atoms. The smallest absolute Gasteiger partial charge is 0.328 e. The fourth-order valence-electron chi connectivity index (χ4n) is 2.36. The summed E-state index contributed by atoms with van der Waals surface area (Å²) in [6, 6.07) is 8.10. The maximum atomic E-state index is 11.8. The van der Waals surface area contributed by atoms with Crippen molar-refractivity contribution >= 4 is 11.7 Å². The average Bonchev–Trinajstić information content (AvgIpc) is 2.37. The lowest BCUT2D eigenvalue weighted by atomic mass is 10.0. The van der Waals surface area contributed by atoms with Gasteiger partial charge in [0.2, 0.25) is 0 Å². The summed E-state index contributed by atoms with van der Waals surface area (Å²) in [5.41, 5.74) is 2.51. The van der Waals surface area contributed by atoms with Gasteiger partial charge in [0.05, 0.1) is 6.61 Å². The number of para-hydroxylation sites is 1. The average molecular weight is 233 g/mol.